The first-order chi connectivity index (χ1) is 14.1. The summed E-state index contributed by atoms with van der Waals surface area (Å²) in [5.74, 6) is 0.874. The SMILES string of the molecule is COc1ccc(Oc2cc(F)cc3[nH]c(-c4ccc(C(=O)NO)cc4)nc23)cc1. The fourth-order valence-corrected chi connectivity index (χ4v) is 2.88. The van der Waals surface area contributed by atoms with Gasteiger partial charge in [0.1, 0.15) is 28.7 Å². The van der Waals surface area contributed by atoms with Crippen LogP contribution in [0.4, 0.5) is 4.39 Å². The van der Waals surface area contributed by atoms with Gasteiger partial charge in [0.25, 0.3) is 5.91 Å². The molecule has 0 atom stereocenters. The summed E-state index contributed by atoms with van der Waals surface area (Å²) in [6.07, 6.45) is 0. The van der Waals surface area contributed by atoms with Gasteiger partial charge in [-0.3, -0.25) is 10.0 Å². The van der Waals surface area contributed by atoms with E-state index in [0.717, 1.165) is 0 Å². The molecule has 1 aromatic heterocycles. The zero-order chi connectivity index (χ0) is 20.4. The molecule has 1 heterocycles. The van der Waals surface area contributed by atoms with Crippen molar-refractivity contribution in [2.75, 3.05) is 7.11 Å². The van der Waals surface area contributed by atoms with Crippen LogP contribution in [0.5, 0.6) is 17.2 Å². The number of rotatable bonds is 5. The molecule has 0 bridgehead atoms. The molecule has 0 aliphatic rings. The van der Waals surface area contributed by atoms with E-state index in [1.165, 1.54) is 12.1 Å². The van der Waals surface area contributed by atoms with Crippen LogP contribution < -0.4 is 15.0 Å². The fraction of sp³-hybridized carbons (Fsp3) is 0.0476. The number of aromatic nitrogens is 2. The molecule has 0 fully saturated rings. The second kappa shape index (κ2) is 7.61. The molecule has 0 unspecified atom stereocenters. The Morgan fingerprint density at radius 1 is 1.07 bits per heavy atom. The summed E-state index contributed by atoms with van der Waals surface area (Å²) in [5, 5.41) is 8.70. The van der Waals surface area contributed by atoms with Crippen LogP contribution in [-0.2, 0) is 0 Å². The van der Waals surface area contributed by atoms with Gasteiger partial charge in [-0.15, -0.1) is 0 Å². The van der Waals surface area contributed by atoms with Gasteiger partial charge in [0.15, 0.2) is 5.75 Å². The second-order valence-corrected chi connectivity index (χ2v) is 6.18. The summed E-state index contributed by atoms with van der Waals surface area (Å²) in [4.78, 5) is 19.0. The average Bonchev–Trinajstić information content (AvgIpc) is 3.18. The average molecular weight is 393 g/mol. The number of fused-ring (bicyclic) bond motifs is 1. The number of amides is 1. The van der Waals surface area contributed by atoms with E-state index in [1.54, 1.807) is 61.1 Å². The van der Waals surface area contributed by atoms with Crippen molar-refractivity contribution in [2.45, 2.75) is 0 Å². The van der Waals surface area contributed by atoms with Crippen molar-refractivity contribution >= 4 is 16.9 Å². The lowest BCUT2D eigenvalue weighted by molar-refractivity contribution is 0.0706. The highest BCUT2D eigenvalue weighted by molar-refractivity contribution is 5.94. The van der Waals surface area contributed by atoms with E-state index in [0.29, 0.717) is 39.5 Å². The first kappa shape index (κ1) is 18.5. The van der Waals surface area contributed by atoms with Gasteiger partial charge in [-0.2, -0.15) is 0 Å². The topological polar surface area (TPSA) is 96.5 Å². The lowest BCUT2D eigenvalue weighted by atomic mass is 10.1. The number of hydroxylamine groups is 1. The number of H-pyrrole nitrogens is 1. The normalized spacial score (nSPS) is 10.7. The van der Waals surface area contributed by atoms with Gasteiger partial charge < -0.3 is 14.5 Å². The van der Waals surface area contributed by atoms with Crippen LogP contribution in [0.1, 0.15) is 10.4 Å². The highest BCUT2D eigenvalue weighted by Gasteiger charge is 2.14. The van der Waals surface area contributed by atoms with Gasteiger partial charge in [-0.1, -0.05) is 12.1 Å². The van der Waals surface area contributed by atoms with Crippen LogP contribution in [-0.4, -0.2) is 28.2 Å². The maximum absolute atomic E-state index is 14.1. The molecule has 0 spiro atoms. The van der Waals surface area contributed by atoms with Crippen LogP contribution in [0.3, 0.4) is 0 Å². The van der Waals surface area contributed by atoms with E-state index in [2.05, 4.69) is 9.97 Å². The second-order valence-electron chi connectivity index (χ2n) is 6.18. The zero-order valence-corrected chi connectivity index (χ0v) is 15.3. The summed E-state index contributed by atoms with van der Waals surface area (Å²) in [5.41, 5.74) is 3.50. The van der Waals surface area contributed by atoms with Gasteiger partial charge in [-0.05, 0) is 42.5 Å². The zero-order valence-electron chi connectivity index (χ0n) is 15.3. The van der Waals surface area contributed by atoms with Crippen molar-refractivity contribution in [1.29, 1.82) is 0 Å². The van der Waals surface area contributed by atoms with Crippen molar-refractivity contribution in [3.63, 3.8) is 0 Å². The molecule has 0 saturated carbocycles. The van der Waals surface area contributed by atoms with Crippen LogP contribution in [0.25, 0.3) is 22.4 Å². The number of halogens is 1. The van der Waals surface area contributed by atoms with Crippen molar-refractivity contribution < 1.29 is 23.9 Å². The van der Waals surface area contributed by atoms with Crippen molar-refractivity contribution in [2.24, 2.45) is 0 Å². The smallest absolute Gasteiger partial charge is 0.274 e. The number of carbonyl (C=O) groups is 1. The molecule has 3 aromatic carbocycles. The van der Waals surface area contributed by atoms with Crippen LogP contribution in [0, 0.1) is 5.82 Å². The lowest BCUT2D eigenvalue weighted by Crippen LogP contribution is -2.18. The Morgan fingerprint density at radius 3 is 2.41 bits per heavy atom. The van der Waals surface area contributed by atoms with Gasteiger partial charge in [0, 0.05) is 17.2 Å². The minimum absolute atomic E-state index is 0.268. The summed E-state index contributed by atoms with van der Waals surface area (Å²) in [7, 11) is 1.57. The Balaban J connectivity index is 1.69. The van der Waals surface area contributed by atoms with E-state index >= 15 is 0 Å². The predicted molar refractivity (Wildman–Crippen MR) is 104 cm³/mol. The Labute approximate surface area is 164 Å². The Morgan fingerprint density at radius 2 is 1.76 bits per heavy atom. The van der Waals surface area contributed by atoms with E-state index in [4.69, 9.17) is 14.7 Å². The number of aromatic amines is 1. The van der Waals surface area contributed by atoms with E-state index in [1.807, 2.05) is 0 Å². The molecule has 3 N–H and O–H groups in total. The number of carbonyl (C=O) groups excluding carboxylic acids is 1. The van der Waals surface area contributed by atoms with Crippen LogP contribution in [0.15, 0.2) is 60.7 Å². The summed E-state index contributed by atoms with van der Waals surface area (Å²) >= 11 is 0. The molecular weight excluding hydrogens is 377 g/mol. The van der Waals surface area contributed by atoms with Gasteiger partial charge in [0.2, 0.25) is 0 Å². The molecule has 0 radical (unpaired) electrons. The number of methoxy groups -OCH3 is 1. The van der Waals surface area contributed by atoms with Crippen LogP contribution in [0.2, 0.25) is 0 Å². The minimum Gasteiger partial charge on any atom is -0.497 e. The minimum atomic E-state index is -0.613. The molecule has 1 amide bonds. The third-order valence-electron chi connectivity index (χ3n) is 4.33. The predicted octanol–water partition coefficient (Wildman–Crippen LogP) is 4.29. The maximum atomic E-state index is 14.1. The molecular formula is C21H16FN3O4. The monoisotopic (exact) mass is 393 g/mol. The van der Waals surface area contributed by atoms with Crippen molar-refractivity contribution in [3.05, 3.63) is 72.0 Å². The van der Waals surface area contributed by atoms with Crippen molar-refractivity contribution in [1.82, 2.24) is 15.4 Å². The third-order valence-corrected chi connectivity index (χ3v) is 4.33. The standard InChI is InChI=1S/C21H16FN3O4/c1-28-15-6-8-16(9-7-15)29-18-11-14(22)10-17-19(18)24-20(23-17)12-2-4-13(5-3-12)21(26)25-27/h2-11,27H,1H3,(H,23,24)(H,25,26). The van der Waals surface area contributed by atoms with E-state index in [-0.39, 0.29) is 5.75 Å². The number of ether oxygens (including phenoxy) is 2. The molecule has 29 heavy (non-hydrogen) atoms. The Hall–Kier alpha value is -3.91. The highest BCUT2D eigenvalue weighted by Crippen LogP contribution is 2.32. The molecule has 146 valence electrons. The van der Waals surface area contributed by atoms with E-state index < -0.39 is 11.7 Å². The number of nitrogens with zero attached hydrogens (tertiary/aromatic N) is 1. The third kappa shape index (κ3) is 3.74. The largest absolute Gasteiger partial charge is 0.497 e. The molecule has 7 nitrogen and oxygen atoms in total. The quantitative estimate of drug-likeness (QED) is 0.347. The summed E-state index contributed by atoms with van der Waals surface area (Å²) < 4.78 is 25.0. The first-order valence-electron chi connectivity index (χ1n) is 8.63. The number of benzene rings is 3. The summed E-state index contributed by atoms with van der Waals surface area (Å²) in [6.45, 7) is 0. The number of hydrogen-bond acceptors (Lipinski definition) is 5. The van der Waals surface area contributed by atoms with Gasteiger partial charge in [-0.25, -0.2) is 14.9 Å². The number of nitrogens with one attached hydrogen (secondary N) is 2. The molecule has 0 aliphatic carbocycles. The Bertz CT molecular complexity index is 1170. The van der Waals surface area contributed by atoms with E-state index in [9.17, 15) is 9.18 Å². The van der Waals surface area contributed by atoms with Gasteiger partial charge in [0.05, 0.1) is 12.6 Å². The first-order valence-corrected chi connectivity index (χ1v) is 8.63. The Kier molecular flexibility index (Phi) is 4.84. The highest BCUT2D eigenvalue weighted by atomic mass is 19.1. The molecule has 4 rings (SSSR count). The fourth-order valence-electron chi connectivity index (χ4n) is 2.88. The van der Waals surface area contributed by atoms with Gasteiger partial charge >= 0.3 is 0 Å². The molecule has 4 aromatic rings. The van der Waals surface area contributed by atoms with Crippen LogP contribution >= 0.6 is 0 Å². The molecule has 0 aliphatic heterocycles. The molecule has 8 heteroatoms. The number of hydrogen-bond donors (Lipinski definition) is 3. The lowest BCUT2D eigenvalue weighted by Gasteiger charge is -2.07. The number of imidazole rings is 1. The van der Waals surface area contributed by atoms with Crippen molar-refractivity contribution in [3.8, 4) is 28.6 Å². The molecule has 0 saturated heterocycles. The summed E-state index contributed by atoms with van der Waals surface area (Å²) in [6, 6.07) is 15.9. The maximum Gasteiger partial charge on any atom is 0.274 e.